The van der Waals surface area contributed by atoms with Crippen LogP contribution in [0.5, 0.6) is 0 Å². The maximum atomic E-state index is 12.4. The third-order valence-corrected chi connectivity index (χ3v) is 8.15. The monoisotopic (exact) mass is 760 g/mol. The topological polar surface area (TPSA) is 140 Å². The van der Waals surface area contributed by atoms with Crippen molar-refractivity contribution < 1.29 is 43.0 Å². The molecule has 0 aliphatic heterocycles. The summed E-state index contributed by atoms with van der Waals surface area (Å²) in [5.41, 5.74) is 0. The Morgan fingerprint density at radius 3 is 1.75 bits per heavy atom. The second-order valence-corrected chi connectivity index (χ2v) is 14.0. The molecule has 0 fully saturated rings. The number of allylic oxidation sites excluding steroid dienone is 14. The Balaban J connectivity index is 4.23. The zero-order chi connectivity index (χ0) is 39.1. The van der Waals surface area contributed by atoms with Gasteiger partial charge < -0.3 is 24.4 Å². The van der Waals surface area contributed by atoms with E-state index in [9.17, 15) is 19.3 Å². The molecular weight excluding hydrogens is 691 g/mol. The van der Waals surface area contributed by atoms with E-state index in [0.717, 1.165) is 32.1 Å². The third kappa shape index (κ3) is 40.0. The Labute approximate surface area is 320 Å². The molecule has 0 heterocycles. The molecule has 10 heteroatoms. The lowest BCUT2D eigenvalue weighted by Crippen LogP contribution is -2.29. The summed E-state index contributed by atoms with van der Waals surface area (Å²) < 4.78 is 26.2. The van der Waals surface area contributed by atoms with Gasteiger partial charge in [0.05, 0.1) is 12.7 Å². The molecule has 0 amide bonds. The number of hydrogen-bond acceptors (Lipinski definition) is 7. The Bertz CT molecular complexity index is 1190. The summed E-state index contributed by atoms with van der Waals surface area (Å²) in [7, 11) is -4.80. The number of phosphoric ester groups is 1. The number of esters is 2. The molecule has 53 heavy (non-hydrogen) atoms. The van der Waals surface area contributed by atoms with Gasteiger partial charge in [-0.25, -0.2) is 4.57 Å². The molecule has 2 atom stereocenters. The van der Waals surface area contributed by atoms with Crippen LogP contribution in [0.2, 0.25) is 0 Å². The lowest BCUT2D eigenvalue weighted by Gasteiger charge is -2.18. The van der Waals surface area contributed by atoms with E-state index in [1.54, 1.807) is 6.08 Å². The molecule has 0 aromatic carbocycles. The van der Waals surface area contributed by atoms with Crippen molar-refractivity contribution in [2.75, 3.05) is 13.2 Å². The molecule has 0 saturated carbocycles. The molecule has 9 nitrogen and oxygen atoms in total. The highest BCUT2D eigenvalue weighted by Crippen LogP contribution is 2.35. The quantitative estimate of drug-likeness (QED) is 0.0192. The van der Waals surface area contributed by atoms with Crippen molar-refractivity contribution in [1.82, 2.24) is 0 Å². The number of unbranched alkanes of at least 4 members (excludes halogenated alkanes) is 8. The van der Waals surface area contributed by atoms with Gasteiger partial charge in [-0.05, 0) is 77.0 Å². The molecule has 0 bridgehead atoms. The summed E-state index contributed by atoms with van der Waals surface area (Å²) in [5, 5.41) is 9.97. The van der Waals surface area contributed by atoms with E-state index in [1.165, 1.54) is 38.5 Å². The van der Waals surface area contributed by atoms with Gasteiger partial charge in [0.25, 0.3) is 0 Å². The minimum absolute atomic E-state index is 0.0853. The van der Waals surface area contributed by atoms with Gasteiger partial charge in [-0.3, -0.25) is 14.1 Å². The number of carbonyl (C=O) groups is 2. The fraction of sp³-hybridized carbons (Fsp3) is 0.581. The van der Waals surface area contributed by atoms with Crippen molar-refractivity contribution in [3.05, 3.63) is 97.2 Å². The van der Waals surface area contributed by atoms with E-state index in [2.05, 4.69) is 60.9 Å². The number of ether oxygens (including phenoxy) is 2. The summed E-state index contributed by atoms with van der Waals surface area (Å²) >= 11 is 0. The maximum absolute atomic E-state index is 12.4. The molecule has 1 unspecified atom stereocenters. The average molecular weight is 761 g/mol. The fourth-order valence-corrected chi connectivity index (χ4v) is 5.10. The number of aliphatic hydroxyl groups is 1. The first kappa shape index (κ1) is 49.9. The van der Waals surface area contributed by atoms with E-state index < -0.39 is 38.6 Å². The lowest BCUT2D eigenvalue weighted by molar-refractivity contribution is -0.161. The van der Waals surface area contributed by atoms with Gasteiger partial charge in [-0.2, -0.15) is 0 Å². The van der Waals surface area contributed by atoms with Crippen LogP contribution in [0, 0.1) is 0 Å². The number of aliphatic hydroxyl groups excluding tert-OH is 1. The van der Waals surface area contributed by atoms with Crippen molar-refractivity contribution in [3.63, 3.8) is 0 Å². The second-order valence-electron chi connectivity index (χ2n) is 12.7. The van der Waals surface area contributed by atoms with E-state index in [-0.39, 0.29) is 19.4 Å². The summed E-state index contributed by atoms with van der Waals surface area (Å²) in [5.74, 6) is -1.06. The summed E-state index contributed by atoms with van der Waals surface area (Å²) in [6.07, 6.45) is 47.4. The molecule has 0 radical (unpaired) electrons. The van der Waals surface area contributed by atoms with Crippen LogP contribution in [0.1, 0.15) is 136 Å². The standard InChI is InChI=1S/C43H69O9P/c1-3-5-7-9-11-12-13-14-15-16-17-18-19-20-24-28-32-36-42(45)50-38-41(39-51-53(47,48)49)52-43(46)37-33-29-25-22-21-23-27-31-35-40(44)34-30-26-10-8-6-4-2/h6,8,14-15,17-18,20,22-27,30-31,35,40-41,44H,3-5,7,9-13,16,19,21,28-29,32-34,36-39H2,1-2H3,(H2,47,48,49)/b8-6-,15-14-,18-17-,24-20-,25-22-,27-23-,30-26-,35-31+/t40?,41-/m1/s1. The molecular formula is C43H69O9P. The molecule has 0 rings (SSSR count). The van der Waals surface area contributed by atoms with Gasteiger partial charge in [0, 0.05) is 12.8 Å². The molecule has 0 aliphatic carbocycles. The number of phosphoric acid groups is 1. The largest absolute Gasteiger partial charge is 0.469 e. The van der Waals surface area contributed by atoms with E-state index in [1.807, 2.05) is 48.6 Å². The summed E-state index contributed by atoms with van der Waals surface area (Å²) in [6.45, 7) is 3.38. The first-order valence-corrected chi connectivity index (χ1v) is 21.2. The first-order chi connectivity index (χ1) is 25.7. The van der Waals surface area contributed by atoms with Crippen molar-refractivity contribution in [2.24, 2.45) is 0 Å². The van der Waals surface area contributed by atoms with Crippen molar-refractivity contribution in [3.8, 4) is 0 Å². The molecule has 0 aromatic heterocycles. The normalized spacial score (nSPS) is 14.1. The zero-order valence-electron chi connectivity index (χ0n) is 32.5. The Morgan fingerprint density at radius 1 is 0.604 bits per heavy atom. The number of rotatable bonds is 34. The minimum atomic E-state index is -4.80. The van der Waals surface area contributed by atoms with Crippen LogP contribution in [0.4, 0.5) is 0 Å². The highest BCUT2D eigenvalue weighted by molar-refractivity contribution is 7.46. The van der Waals surface area contributed by atoms with Crippen LogP contribution in [0.15, 0.2) is 97.2 Å². The van der Waals surface area contributed by atoms with Crippen molar-refractivity contribution >= 4 is 19.8 Å². The Morgan fingerprint density at radius 2 is 1.13 bits per heavy atom. The average Bonchev–Trinajstić information content (AvgIpc) is 3.12. The smallest absolute Gasteiger partial charge is 0.462 e. The maximum Gasteiger partial charge on any atom is 0.469 e. The lowest BCUT2D eigenvalue weighted by atomic mass is 10.1. The van der Waals surface area contributed by atoms with Crippen molar-refractivity contribution in [1.29, 1.82) is 0 Å². The highest BCUT2D eigenvalue weighted by atomic mass is 31.2. The van der Waals surface area contributed by atoms with Crippen LogP contribution >= 0.6 is 7.82 Å². The van der Waals surface area contributed by atoms with Crippen LogP contribution < -0.4 is 0 Å². The van der Waals surface area contributed by atoms with Gasteiger partial charge >= 0.3 is 19.8 Å². The summed E-state index contributed by atoms with van der Waals surface area (Å²) in [6, 6.07) is 0. The number of carbonyl (C=O) groups excluding carboxylic acids is 2. The van der Waals surface area contributed by atoms with E-state index in [0.29, 0.717) is 38.5 Å². The predicted molar refractivity (Wildman–Crippen MR) is 217 cm³/mol. The molecule has 300 valence electrons. The predicted octanol–water partition coefficient (Wildman–Crippen LogP) is 10.8. The van der Waals surface area contributed by atoms with Crippen LogP contribution in [-0.2, 0) is 28.2 Å². The SMILES string of the molecule is CC/C=C\C/C=C\CC(O)/C=C/C=C\C/C=C\CCCC(=O)O[C@H](COC(=O)CCC/C=C\C/C=C\C/C=C\CCCCCCCC)COP(=O)(O)O. The first-order valence-electron chi connectivity index (χ1n) is 19.6. The highest BCUT2D eigenvalue weighted by Gasteiger charge is 2.22. The molecule has 3 N–H and O–H groups in total. The zero-order valence-corrected chi connectivity index (χ0v) is 33.4. The van der Waals surface area contributed by atoms with Gasteiger partial charge in [-0.1, -0.05) is 143 Å². The Hall–Kier alpha value is -3.07. The van der Waals surface area contributed by atoms with Gasteiger partial charge in [-0.15, -0.1) is 0 Å². The minimum Gasteiger partial charge on any atom is -0.462 e. The Kier molecular flexibility index (Phi) is 35.1. The molecule has 0 aromatic rings. The van der Waals surface area contributed by atoms with Crippen LogP contribution in [0.3, 0.4) is 0 Å². The molecule has 0 saturated heterocycles. The third-order valence-electron chi connectivity index (χ3n) is 7.67. The van der Waals surface area contributed by atoms with Crippen molar-refractivity contribution in [2.45, 2.75) is 148 Å². The molecule has 0 aliphatic rings. The summed E-state index contributed by atoms with van der Waals surface area (Å²) in [4.78, 5) is 42.7. The van der Waals surface area contributed by atoms with Gasteiger partial charge in [0.1, 0.15) is 6.61 Å². The van der Waals surface area contributed by atoms with Gasteiger partial charge in [0.2, 0.25) is 0 Å². The molecule has 0 spiro atoms. The number of hydrogen-bond donors (Lipinski definition) is 3. The van der Waals surface area contributed by atoms with Crippen LogP contribution in [0.25, 0.3) is 0 Å². The fourth-order valence-electron chi connectivity index (χ4n) is 4.74. The van der Waals surface area contributed by atoms with E-state index in [4.69, 9.17) is 19.3 Å². The van der Waals surface area contributed by atoms with E-state index >= 15 is 0 Å². The second kappa shape index (κ2) is 37.3. The van der Waals surface area contributed by atoms with Crippen LogP contribution in [-0.4, -0.2) is 52.3 Å². The van der Waals surface area contributed by atoms with Gasteiger partial charge in [0.15, 0.2) is 6.10 Å².